The van der Waals surface area contributed by atoms with Crippen LogP contribution in [0.2, 0.25) is 0 Å². The fourth-order valence-electron chi connectivity index (χ4n) is 4.45. The third-order valence-electron chi connectivity index (χ3n) is 6.35. The Morgan fingerprint density at radius 1 is 1.03 bits per heavy atom. The standard InChI is InChI=1S/C29H29N5OS2/c1-18-10-15-24(19(2)16-18)31-27(35)25-20(3)30-28-32-29(37-17-21-8-6-5-7-9-21)33-34(28)26(25)22-11-13-23(36-4)14-12-22/h5-16,26H,17H2,1-4H3,(H,31,35)(H,30,32,33). The van der Waals surface area contributed by atoms with Gasteiger partial charge in [-0.2, -0.15) is 4.98 Å². The lowest BCUT2D eigenvalue weighted by Gasteiger charge is -2.29. The molecule has 0 aliphatic carbocycles. The first-order chi connectivity index (χ1) is 17.9. The van der Waals surface area contributed by atoms with Gasteiger partial charge in [0.25, 0.3) is 5.91 Å². The topological polar surface area (TPSA) is 71.8 Å². The van der Waals surface area contributed by atoms with Gasteiger partial charge in [-0.25, -0.2) is 4.68 Å². The summed E-state index contributed by atoms with van der Waals surface area (Å²) < 4.78 is 1.84. The monoisotopic (exact) mass is 527 g/mol. The number of hydrogen-bond donors (Lipinski definition) is 2. The van der Waals surface area contributed by atoms with E-state index in [9.17, 15) is 4.79 Å². The van der Waals surface area contributed by atoms with Gasteiger partial charge in [-0.15, -0.1) is 16.9 Å². The van der Waals surface area contributed by atoms with E-state index in [0.717, 1.165) is 38.7 Å². The largest absolute Gasteiger partial charge is 0.328 e. The van der Waals surface area contributed by atoms with Gasteiger partial charge in [-0.3, -0.25) is 4.79 Å². The molecular formula is C29H29N5OS2. The highest BCUT2D eigenvalue weighted by atomic mass is 32.2. The molecule has 37 heavy (non-hydrogen) atoms. The highest BCUT2D eigenvalue weighted by Crippen LogP contribution is 2.37. The SMILES string of the molecule is CSc1ccc(C2C(C(=O)Nc3ccc(C)cc3C)=C(C)Nc3nc(SCc4ccccc4)nn32)cc1. The number of amides is 1. The van der Waals surface area contributed by atoms with Gasteiger partial charge in [0.1, 0.15) is 6.04 Å². The van der Waals surface area contributed by atoms with Crippen LogP contribution in [0.5, 0.6) is 0 Å². The third kappa shape index (κ3) is 5.45. The molecule has 0 saturated carbocycles. The molecule has 6 nitrogen and oxygen atoms in total. The summed E-state index contributed by atoms with van der Waals surface area (Å²) in [5.41, 5.74) is 6.56. The predicted octanol–water partition coefficient (Wildman–Crippen LogP) is 6.84. The van der Waals surface area contributed by atoms with Crippen molar-refractivity contribution in [2.75, 3.05) is 16.9 Å². The summed E-state index contributed by atoms with van der Waals surface area (Å²) in [5, 5.41) is 12.0. The first-order valence-corrected chi connectivity index (χ1v) is 14.3. The number of fused-ring (bicyclic) bond motifs is 1. The van der Waals surface area contributed by atoms with Crippen molar-refractivity contribution in [3.8, 4) is 0 Å². The zero-order chi connectivity index (χ0) is 25.9. The Labute approximate surface area is 226 Å². The van der Waals surface area contributed by atoms with Crippen LogP contribution in [0.4, 0.5) is 11.6 Å². The van der Waals surface area contributed by atoms with Crippen molar-refractivity contribution in [1.29, 1.82) is 0 Å². The number of anilines is 2. The molecule has 1 aliphatic rings. The van der Waals surface area contributed by atoms with Crippen LogP contribution in [0, 0.1) is 13.8 Å². The van der Waals surface area contributed by atoms with E-state index in [1.807, 2.05) is 55.8 Å². The number of aromatic nitrogens is 3. The summed E-state index contributed by atoms with van der Waals surface area (Å²) in [6.45, 7) is 5.98. The lowest BCUT2D eigenvalue weighted by molar-refractivity contribution is -0.113. The lowest BCUT2D eigenvalue weighted by atomic mass is 9.95. The molecule has 2 N–H and O–H groups in total. The Morgan fingerprint density at radius 2 is 1.78 bits per heavy atom. The summed E-state index contributed by atoms with van der Waals surface area (Å²) in [6, 6.07) is 24.2. The minimum Gasteiger partial charge on any atom is -0.328 e. The number of nitrogens with zero attached hydrogens (tertiary/aromatic N) is 3. The van der Waals surface area contributed by atoms with Gasteiger partial charge in [0.05, 0.1) is 5.57 Å². The number of hydrogen-bond acceptors (Lipinski definition) is 6. The van der Waals surface area contributed by atoms with E-state index >= 15 is 0 Å². The number of rotatable bonds is 7. The zero-order valence-corrected chi connectivity index (χ0v) is 22.9. The van der Waals surface area contributed by atoms with E-state index in [-0.39, 0.29) is 5.91 Å². The average molecular weight is 528 g/mol. The second-order valence-corrected chi connectivity index (χ2v) is 10.9. The molecule has 2 heterocycles. The van der Waals surface area contributed by atoms with E-state index in [4.69, 9.17) is 10.1 Å². The summed E-state index contributed by atoms with van der Waals surface area (Å²) >= 11 is 3.27. The van der Waals surface area contributed by atoms with Gasteiger partial charge in [-0.1, -0.05) is 71.9 Å². The van der Waals surface area contributed by atoms with Crippen LogP contribution in [-0.2, 0) is 10.5 Å². The first kappa shape index (κ1) is 25.2. The van der Waals surface area contributed by atoms with Gasteiger partial charge < -0.3 is 10.6 Å². The van der Waals surface area contributed by atoms with Gasteiger partial charge in [0.15, 0.2) is 0 Å². The highest BCUT2D eigenvalue weighted by molar-refractivity contribution is 7.98. The maximum atomic E-state index is 13.8. The van der Waals surface area contributed by atoms with Crippen LogP contribution in [0.15, 0.2) is 94.1 Å². The Balaban J connectivity index is 1.50. The van der Waals surface area contributed by atoms with Crippen molar-refractivity contribution in [1.82, 2.24) is 14.8 Å². The Bertz CT molecular complexity index is 1460. The molecule has 0 spiro atoms. The minimum atomic E-state index is -0.406. The van der Waals surface area contributed by atoms with Gasteiger partial charge in [0.2, 0.25) is 11.1 Å². The molecule has 4 aromatic rings. The number of allylic oxidation sites excluding steroid dienone is 1. The number of carbonyl (C=O) groups is 1. The Morgan fingerprint density at radius 3 is 2.49 bits per heavy atom. The van der Waals surface area contributed by atoms with Gasteiger partial charge in [-0.05, 0) is 61.9 Å². The molecule has 5 rings (SSSR count). The lowest BCUT2D eigenvalue weighted by Crippen LogP contribution is -2.31. The molecule has 1 unspecified atom stereocenters. The average Bonchev–Trinajstić information content (AvgIpc) is 3.31. The molecule has 3 aromatic carbocycles. The fourth-order valence-corrected chi connectivity index (χ4v) is 5.64. The van der Waals surface area contributed by atoms with Crippen molar-refractivity contribution >= 4 is 41.1 Å². The number of carbonyl (C=O) groups excluding carboxylic acids is 1. The molecule has 1 atom stereocenters. The maximum Gasteiger partial charge on any atom is 0.255 e. The third-order valence-corrected chi connectivity index (χ3v) is 8.00. The second kappa shape index (κ2) is 10.9. The van der Waals surface area contributed by atoms with Crippen molar-refractivity contribution in [2.24, 2.45) is 0 Å². The van der Waals surface area contributed by atoms with E-state index in [0.29, 0.717) is 16.7 Å². The van der Waals surface area contributed by atoms with Crippen LogP contribution in [0.25, 0.3) is 0 Å². The van der Waals surface area contributed by atoms with Gasteiger partial charge in [0, 0.05) is 22.0 Å². The molecule has 1 aromatic heterocycles. The van der Waals surface area contributed by atoms with Crippen LogP contribution < -0.4 is 10.6 Å². The van der Waals surface area contributed by atoms with E-state index in [2.05, 4.69) is 59.4 Å². The Hall–Kier alpha value is -3.49. The predicted molar refractivity (Wildman–Crippen MR) is 153 cm³/mol. The summed E-state index contributed by atoms with van der Waals surface area (Å²) in [4.78, 5) is 19.7. The van der Waals surface area contributed by atoms with Crippen molar-refractivity contribution in [3.05, 3.63) is 106 Å². The number of aryl methyl sites for hydroxylation is 2. The quantitative estimate of drug-likeness (QED) is 0.257. The van der Waals surface area contributed by atoms with Crippen molar-refractivity contribution < 1.29 is 4.79 Å². The highest BCUT2D eigenvalue weighted by Gasteiger charge is 2.34. The normalized spacial score (nSPS) is 14.8. The van der Waals surface area contributed by atoms with E-state index in [1.54, 1.807) is 23.5 Å². The minimum absolute atomic E-state index is 0.157. The molecule has 8 heteroatoms. The molecule has 0 fully saturated rings. The summed E-state index contributed by atoms with van der Waals surface area (Å²) in [5.74, 6) is 1.25. The second-order valence-electron chi connectivity index (χ2n) is 9.05. The smallest absolute Gasteiger partial charge is 0.255 e. The first-order valence-electron chi connectivity index (χ1n) is 12.1. The zero-order valence-electron chi connectivity index (χ0n) is 21.3. The number of nitrogens with one attached hydrogen (secondary N) is 2. The molecule has 188 valence electrons. The molecule has 1 aliphatic heterocycles. The molecule has 0 radical (unpaired) electrons. The number of thioether (sulfide) groups is 2. The van der Waals surface area contributed by atoms with Crippen LogP contribution >= 0.6 is 23.5 Å². The molecule has 0 saturated heterocycles. The number of benzene rings is 3. The molecule has 0 bridgehead atoms. The van der Waals surface area contributed by atoms with Crippen molar-refractivity contribution in [2.45, 2.75) is 42.6 Å². The summed E-state index contributed by atoms with van der Waals surface area (Å²) in [7, 11) is 0. The molecule has 1 amide bonds. The van der Waals surface area contributed by atoms with Gasteiger partial charge >= 0.3 is 0 Å². The van der Waals surface area contributed by atoms with Crippen molar-refractivity contribution in [3.63, 3.8) is 0 Å². The summed E-state index contributed by atoms with van der Waals surface area (Å²) in [6.07, 6.45) is 2.05. The van der Waals surface area contributed by atoms with Crippen LogP contribution in [0.3, 0.4) is 0 Å². The maximum absolute atomic E-state index is 13.8. The Kier molecular flexibility index (Phi) is 7.39. The van der Waals surface area contributed by atoms with Crippen LogP contribution in [0.1, 0.15) is 35.2 Å². The molecular weight excluding hydrogens is 498 g/mol. The van der Waals surface area contributed by atoms with Crippen LogP contribution in [-0.4, -0.2) is 26.9 Å². The fraction of sp³-hybridized carbons (Fsp3) is 0.207. The van der Waals surface area contributed by atoms with E-state index in [1.165, 1.54) is 5.56 Å². The van der Waals surface area contributed by atoms with E-state index < -0.39 is 6.04 Å².